The molecule has 1 aliphatic rings. The Balaban J connectivity index is 1.19. The third-order valence-corrected chi connectivity index (χ3v) is 6.64. The molecular formula is C26H26N4O4. The maximum absolute atomic E-state index is 12.7. The number of H-pyrrole nitrogens is 2. The molecule has 0 bridgehead atoms. The van der Waals surface area contributed by atoms with Crippen molar-refractivity contribution in [2.45, 2.75) is 18.8 Å². The Labute approximate surface area is 195 Å². The highest BCUT2D eigenvalue weighted by Gasteiger charge is 2.26. The number of fused-ring (bicyclic) bond motifs is 2. The highest BCUT2D eigenvalue weighted by Crippen LogP contribution is 2.34. The maximum atomic E-state index is 12.7. The molecule has 0 spiro atoms. The lowest BCUT2D eigenvalue weighted by atomic mass is 9.89. The normalized spacial score (nSPS) is 14.4. The third kappa shape index (κ3) is 4.03. The molecule has 1 fully saturated rings. The van der Waals surface area contributed by atoms with Crippen LogP contribution in [0.15, 0.2) is 59.7 Å². The van der Waals surface area contributed by atoms with Crippen molar-refractivity contribution in [3.63, 3.8) is 0 Å². The zero-order chi connectivity index (χ0) is 23.7. The predicted octanol–water partition coefficient (Wildman–Crippen LogP) is 3.15. The van der Waals surface area contributed by atoms with Crippen molar-refractivity contribution in [2.24, 2.45) is 0 Å². The van der Waals surface area contributed by atoms with Crippen molar-refractivity contribution in [1.82, 2.24) is 20.2 Å². The molecule has 0 unspecified atom stereocenters. The summed E-state index contributed by atoms with van der Waals surface area (Å²) in [6.07, 6.45) is 5.13. The molecular weight excluding hydrogens is 432 g/mol. The van der Waals surface area contributed by atoms with E-state index in [-0.39, 0.29) is 23.4 Å². The van der Waals surface area contributed by atoms with E-state index < -0.39 is 5.91 Å². The van der Waals surface area contributed by atoms with E-state index in [0.29, 0.717) is 29.9 Å². The monoisotopic (exact) mass is 458 g/mol. The fourth-order valence-corrected chi connectivity index (χ4v) is 4.73. The van der Waals surface area contributed by atoms with Gasteiger partial charge in [-0.25, -0.2) is 0 Å². The number of methoxy groups -OCH3 is 1. The first-order valence-corrected chi connectivity index (χ1v) is 11.4. The Kier molecular flexibility index (Phi) is 5.79. The summed E-state index contributed by atoms with van der Waals surface area (Å²) in [5.41, 5.74) is 2.62. The molecule has 0 radical (unpaired) electrons. The minimum Gasteiger partial charge on any atom is -0.497 e. The molecule has 1 saturated heterocycles. The van der Waals surface area contributed by atoms with Crippen molar-refractivity contribution >= 4 is 33.6 Å². The largest absolute Gasteiger partial charge is 0.497 e. The van der Waals surface area contributed by atoms with E-state index in [1.807, 2.05) is 30.5 Å². The fraction of sp³-hybridized carbons (Fsp3) is 0.269. The smallest absolute Gasteiger partial charge is 0.257 e. The van der Waals surface area contributed by atoms with Crippen molar-refractivity contribution in [3.8, 4) is 5.75 Å². The van der Waals surface area contributed by atoms with Crippen LogP contribution in [0, 0.1) is 0 Å². The van der Waals surface area contributed by atoms with E-state index in [9.17, 15) is 14.4 Å². The number of hydrogen-bond donors (Lipinski definition) is 3. The number of nitrogens with zero attached hydrogens (tertiary/aromatic N) is 1. The lowest BCUT2D eigenvalue weighted by Crippen LogP contribution is -2.44. The molecule has 1 aliphatic heterocycles. The molecule has 3 heterocycles. The zero-order valence-electron chi connectivity index (χ0n) is 18.9. The first-order chi connectivity index (χ1) is 16.5. The van der Waals surface area contributed by atoms with Gasteiger partial charge in [-0.2, -0.15) is 0 Å². The molecule has 0 aliphatic carbocycles. The number of hydrogen-bond acceptors (Lipinski definition) is 4. The van der Waals surface area contributed by atoms with E-state index in [2.05, 4.69) is 15.3 Å². The number of nitrogens with one attached hydrogen (secondary N) is 3. The summed E-state index contributed by atoms with van der Waals surface area (Å²) < 4.78 is 5.37. The summed E-state index contributed by atoms with van der Waals surface area (Å²) in [7, 11) is 1.66. The SMILES string of the molecule is COc1ccc2[nH]cc(C3CCN(C(=O)CNC(=O)c4c[nH]c5ccccc5c4=O)CC3)c2c1. The third-order valence-electron chi connectivity index (χ3n) is 6.64. The van der Waals surface area contributed by atoms with Crippen LogP contribution in [0.4, 0.5) is 0 Å². The molecule has 3 N–H and O–H groups in total. The number of aromatic nitrogens is 2. The van der Waals surface area contributed by atoms with Crippen LogP contribution in [-0.2, 0) is 4.79 Å². The number of aromatic amines is 2. The van der Waals surface area contributed by atoms with Crippen LogP contribution in [0.5, 0.6) is 5.75 Å². The number of likely N-dealkylation sites (tertiary alicyclic amines) is 1. The molecule has 4 aromatic rings. The molecule has 2 amide bonds. The van der Waals surface area contributed by atoms with Crippen LogP contribution in [0.1, 0.15) is 34.7 Å². The van der Waals surface area contributed by atoms with Gasteiger partial charge in [0.15, 0.2) is 0 Å². The van der Waals surface area contributed by atoms with Gasteiger partial charge in [-0.05, 0) is 54.7 Å². The van der Waals surface area contributed by atoms with Gasteiger partial charge in [0.25, 0.3) is 5.91 Å². The Morgan fingerprint density at radius 2 is 1.76 bits per heavy atom. The van der Waals surface area contributed by atoms with Crippen molar-refractivity contribution in [3.05, 3.63) is 76.2 Å². The number of para-hydroxylation sites is 1. The van der Waals surface area contributed by atoms with Gasteiger partial charge >= 0.3 is 0 Å². The Morgan fingerprint density at radius 1 is 1.03 bits per heavy atom. The second-order valence-electron chi connectivity index (χ2n) is 8.57. The summed E-state index contributed by atoms with van der Waals surface area (Å²) in [5, 5.41) is 4.20. The van der Waals surface area contributed by atoms with Gasteiger partial charge < -0.3 is 24.9 Å². The van der Waals surface area contributed by atoms with E-state index in [4.69, 9.17) is 4.74 Å². The molecule has 8 heteroatoms. The lowest BCUT2D eigenvalue weighted by Gasteiger charge is -2.32. The van der Waals surface area contributed by atoms with Gasteiger partial charge in [0.1, 0.15) is 11.3 Å². The number of ether oxygens (including phenoxy) is 1. The molecule has 0 saturated carbocycles. The number of amides is 2. The van der Waals surface area contributed by atoms with E-state index >= 15 is 0 Å². The van der Waals surface area contributed by atoms with Crippen LogP contribution in [0.25, 0.3) is 21.8 Å². The first kappa shape index (κ1) is 21.8. The highest BCUT2D eigenvalue weighted by molar-refractivity contribution is 5.98. The fourth-order valence-electron chi connectivity index (χ4n) is 4.73. The average Bonchev–Trinajstić information content (AvgIpc) is 3.30. The van der Waals surface area contributed by atoms with Gasteiger partial charge in [0.05, 0.1) is 13.7 Å². The van der Waals surface area contributed by atoms with Crippen molar-refractivity contribution in [2.75, 3.05) is 26.7 Å². The maximum Gasteiger partial charge on any atom is 0.257 e. The van der Waals surface area contributed by atoms with Crippen LogP contribution < -0.4 is 15.5 Å². The number of piperidine rings is 1. The van der Waals surface area contributed by atoms with E-state index in [0.717, 1.165) is 29.5 Å². The van der Waals surface area contributed by atoms with E-state index in [1.165, 1.54) is 11.8 Å². The minimum absolute atomic E-state index is 0.0000257. The Morgan fingerprint density at radius 3 is 2.56 bits per heavy atom. The second-order valence-corrected chi connectivity index (χ2v) is 8.57. The molecule has 0 atom stereocenters. The standard InChI is InChI=1S/C26H26N4O4/c1-34-17-6-7-23-19(12-17)20(13-27-23)16-8-10-30(11-9-16)24(31)15-29-26(33)21-14-28-22-5-3-2-4-18(22)25(21)32/h2-7,12-14,16,27H,8-11,15H2,1H3,(H,28,32)(H,29,33). The van der Waals surface area contributed by atoms with Crippen LogP contribution >= 0.6 is 0 Å². The minimum atomic E-state index is -0.553. The summed E-state index contributed by atoms with van der Waals surface area (Å²) in [5.74, 6) is 0.463. The van der Waals surface area contributed by atoms with Crippen molar-refractivity contribution in [1.29, 1.82) is 0 Å². The Bertz CT molecular complexity index is 1430. The number of pyridine rings is 1. The highest BCUT2D eigenvalue weighted by atomic mass is 16.5. The number of carbonyl (C=O) groups is 2. The van der Waals surface area contributed by atoms with Gasteiger partial charge in [-0.15, -0.1) is 0 Å². The van der Waals surface area contributed by atoms with Crippen molar-refractivity contribution < 1.29 is 14.3 Å². The predicted molar refractivity (Wildman–Crippen MR) is 130 cm³/mol. The Hall–Kier alpha value is -4.07. The van der Waals surface area contributed by atoms with Crippen LogP contribution in [-0.4, -0.2) is 53.4 Å². The van der Waals surface area contributed by atoms with Crippen LogP contribution in [0.3, 0.4) is 0 Å². The molecule has 5 rings (SSSR count). The van der Waals surface area contributed by atoms with Gasteiger partial charge in [-0.3, -0.25) is 14.4 Å². The zero-order valence-corrected chi connectivity index (χ0v) is 18.9. The van der Waals surface area contributed by atoms with Gasteiger partial charge in [0, 0.05) is 47.3 Å². The van der Waals surface area contributed by atoms with Crippen LogP contribution in [0.2, 0.25) is 0 Å². The quantitative estimate of drug-likeness (QED) is 0.427. The lowest BCUT2D eigenvalue weighted by molar-refractivity contribution is -0.131. The number of carbonyl (C=O) groups excluding carboxylic acids is 2. The van der Waals surface area contributed by atoms with E-state index in [1.54, 1.807) is 30.2 Å². The average molecular weight is 459 g/mol. The molecule has 8 nitrogen and oxygen atoms in total. The number of rotatable bonds is 5. The van der Waals surface area contributed by atoms with Gasteiger partial charge in [-0.1, -0.05) is 12.1 Å². The summed E-state index contributed by atoms with van der Waals surface area (Å²) >= 11 is 0. The molecule has 174 valence electrons. The summed E-state index contributed by atoms with van der Waals surface area (Å²) in [4.78, 5) is 46.0. The van der Waals surface area contributed by atoms with Gasteiger partial charge in [0.2, 0.25) is 11.3 Å². The topological polar surface area (TPSA) is 107 Å². The summed E-state index contributed by atoms with van der Waals surface area (Å²) in [6, 6.07) is 13.0. The second kappa shape index (κ2) is 9.05. The first-order valence-electron chi connectivity index (χ1n) is 11.4. The molecule has 2 aromatic heterocycles. The number of benzene rings is 2. The molecule has 2 aromatic carbocycles. The summed E-state index contributed by atoms with van der Waals surface area (Å²) in [6.45, 7) is 1.10. The molecule has 34 heavy (non-hydrogen) atoms.